The molecular formula is C13H20N2O3S. The van der Waals surface area contributed by atoms with Gasteiger partial charge >= 0.3 is 5.97 Å². The van der Waals surface area contributed by atoms with E-state index in [9.17, 15) is 14.1 Å². The quantitative estimate of drug-likeness (QED) is 0.835. The number of carboxylic acid groups (broad SMARTS) is 1. The minimum atomic E-state index is -0.987. The van der Waals surface area contributed by atoms with Crippen molar-refractivity contribution in [3.63, 3.8) is 0 Å². The summed E-state index contributed by atoms with van der Waals surface area (Å²) in [6, 6.07) is 1.79. The normalized spacial score (nSPS) is 13.9. The van der Waals surface area contributed by atoms with E-state index in [0.29, 0.717) is 17.1 Å². The van der Waals surface area contributed by atoms with Crippen LogP contribution in [0.25, 0.3) is 0 Å². The summed E-state index contributed by atoms with van der Waals surface area (Å²) < 4.78 is 11.1. The van der Waals surface area contributed by atoms with E-state index in [4.69, 9.17) is 0 Å². The molecule has 6 heteroatoms. The molecule has 0 saturated carbocycles. The Morgan fingerprint density at radius 2 is 2.16 bits per heavy atom. The maximum absolute atomic E-state index is 11.3. The number of hydrogen-bond donors (Lipinski definition) is 2. The average molecular weight is 284 g/mol. The zero-order valence-corrected chi connectivity index (χ0v) is 12.5. The molecule has 106 valence electrons. The van der Waals surface area contributed by atoms with Crippen molar-refractivity contribution in [1.82, 2.24) is 4.98 Å². The van der Waals surface area contributed by atoms with Crippen molar-refractivity contribution in [2.45, 2.75) is 33.2 Å². The fraction of sp³-hybridized carbons (Fsp3) is 0.538. The Morgan fingerprint density at radius 1 is 1.53 bits per heavy atom. The molecule has 0 spiro atoms. The van der Waals surface area contributed by atoms with E-state index in [1.54, 1.807) is 19.2 Å². The number of rotatable bonds is 6. The zero-order chi connectivity index (χ0) is 14.6. The first kappa shape index (κ1) is 15.6. The smallest absolute Gasteiger partial charge is 0.339 e. The number of pyridine rings is 1. The van der Waals surface area contributed by atoms with E-state index < -0.39 is 16.8 Å². The highest BCUT2D eigenvalue weighted by Gasteiger charge is 2.16. The van der Waals surface area contributed by atoms with Gasteiger partial charge in [-0.15, -0.1) is 0 Å². The van der Waals surface area contributed by atoms with Gasteiger partial charge < -0.3 is 10.4 Å². The van der Waals surface area contributed by atoms with Crippen LogP contribution in [0.3, 0.4) is 0 Å². The molecule has 0 aliphatic carbocycles. The van der Waals surface area contributed by atoms with E-state index in [2.05, 4.69) is 10.3 Å². The molecular weight excluding hydrogens is 264 g/mol. The fourth-order valence-electron chi connectivity index (χ4n) is 1.89. The predicted molar refractivity (Wildman–Crippen MR) is 77.3 cm³/mol. The van der Waals surface area contributed by atoms with Gasteiger partial charge in [-0.3, -0.25) is 9.19 Å². The lowest BCUT2D eigenvalue weighted by molar-refractivity contribution is 0.0696. The summed E-state index contributed by atoms with van der Waals surface area (Å²) in [5.41, 5.74) is 2.06. The lowest BCUT2D eigenvalue weighted by atomic mass is 10.1. The largest absolute Gasteiger partial charge is 0.478 e. The Morgan fingerprint density at radius 3 is 2.68 bits per heavy atom. The van der Waals surface area contributed by atoms with E-state index in [1.165, 1.54) is 0 Å². The fourth-order valence-corrected chi connectivity index (χ4v) is 2.58. The Kier molecular flexibility index (Phi) is 5.47. The lowest BCUT2D eigenvalue weighted by Crippen LogP contribution is -2.20. The minimum absolute atomic E-state index is 0.0585. The third-order valence-corrected chi connectivity index (χ3v) is 3.59. The first-order chi connectivity index (χ1) is 8.81. The second kappa shape index (κ2) is 6.65. The van der Waals surface area contributed by atoms with Crippen LogP contribution in [0.15, 0.2) is 6.07 Å². The van der Waals surface area contributed by atoms with Crippen molar-refractivity contribution in [3.8, 4) is 0 Å². The van der Waals surface area contributed by atoms with Gasteiger partial charge in [0.05, 0.1) is 11.4 Å². The molecule has 0 radical (unpaired) electrons. The summed E-state index contributed by atoms with van der Waals surface area (Å²) in [6.07, 6.45) is 2.39. The third kappa shape index (κ3) is 4.63. The van der Waals surface area contributed by atoms with Crippen molar-refractivity contribution in [2.24, 2.45) is 0 Å². The van der Waals surface area contributed by atoms with Crippen LogP contribution >= 0.6 is 0 Å². The summed E-state index contributed by atoms with van der Waals surface area (Å²) in [7, 11) is -0.836. The molecule has 1 aromatic rings. The highest BCUT2D eigenvalue weighted by atomic mass is 32.2. The van der Waals surface area contributed by atoms with Gasteiger partial charge in [-0.2, -0.15) is 0 Å². The van der Waals surface area contributed by atoms with Gasteiger partial charge in [-0.05, 0) is 33.3 Å². The molecule has 1 heterocycles. The second-order valence-corrected chi connectivity index (χ2v) is 6.24. The number of aromatic carboxylic acids is 1. The van der Waals surface area contributed by atoms with Crippen LogP contribution in [0.2, 0.25) is 0 Å². The summed E-state index contributed by atoms with van der Waals surface area (Å²) in [5.74, 6) is -0.390. The lowest BCUT2D eigenvalue weighted by Gasteiger charge is -2.18. The molecule has 0 fully saturated rings. The molecule has 0 amide bonds. The summed E-state index contributed by atoms with van der Waals surface area (Å²) in [4.78, 5) is 15.4. The van der Waals surface area contributed by atoms with Crippen LogP contribution in [0.4, 0.5) is 5.69 Å². The molecule has 5 nitrogen and oxygen atoms in total. The van der Waals surface area contributed by atoms with Gasteiger partial charge in [0.2, 0.25) is 0 Å². The number of anilines is 1. The minimum Gasteiger partial charge on any atom is -0.478 e. The van der Waals surface area contributed by atoms with Crippen LogP contribution < -0.4 is 5.32 Å². The molecule has 2 unspecified atom stereocenters. The topological polar surface area (TPSA) is 79.3 Å². The highest BCUT2D eigenvalue weighted by molar-refractivity contribution is 7.84. The Balaban J connectivity index is 2.93. The zero-order valence-electron chi connectivity index (χ0n) is 11.7. The molecule has 2 N–H and O–H groups in total. The Hall–Kier alpha value is -1.43. The van der Waals surface area contributed by atoms with Crippen LogP contribution in [-0.2, 0) is 10.8 Å². The van der Waals surface area contributed by atoms with Gasteiger partial charge in [0.25, 0.3) is 0 Å². The van der Waals surface area contributed by atoms with E-state index >= 15 is 0 Å². The maximum Gasteiger partial charge on any atom is 0.339 e. The van der Waals surface area contributed by atoms with Gasteiger partial charge in [0.15, 0.2) is 0 Å². The molecule has 2 atom stereocenters. The summed E-state index contributed by atoms with van der Waals surface area (Å²) >= 11 is 0. The van der Waals surface area contributed by atoms with Crippen molar-refractivity contribution in [3.05, 3.63) is 23.0 Å². The van der Waals surface area contributed by atoms with Gasteiger partial charge in [0.1, 0.15) is 5.56 Å². The monoisotopic (exact) mass is 284 g/mol. The van der Waals surface area contributed by atoms with E-state index in [0.717, 1.165) is 12.1 Å². The number of carboxylic acids is 1. The summed E-state index contributed by atoms with van der Waals surface area (Å²) in [6.45, 7) is 5.46. The van der Waals surface area contributed by atoms with Gasteiger partial charge in [-0.25, -0.2) is 4.79 Å². The molecule has 0 bridgehead atoms. The van der Waals surface area contributed by atoms with Gasteiger partial charge in [-0.1, -0.05) is 0 Å². The van der Waals surface area contributed by atoms with Crippen LogP contribution in [0.1, 0.15) is 35.1 Å². The number of aryl methyl sites for hydroxylation is 2. The second-order valence-electron chi connectivity index (χ2n) is 4.69. The standard InChI is InChI=1S/C13H20N2O3S/c1-8(5-6-19(4)18)15-11-7-9(2)14-10(3)12(11)13(16)17/h7-8H,5-6H2,1-4H3,(H,14,15)(H,16,17). The average Bonchev–Trinajstić information content (AvgIpc) is 2.24. The summed E-state index contributed by atoms with van der Waals surface area (Å²) in [5, 5.41) is 12.4. The molecule has 0 saturated heterocycles. The third-order valence-electron chi connectivity index (χ3n) is 2.78. The van der Waals surface area contributed by atoms with Crippen molar-refractivity contribution < 1.29 is 14.1 Å². The van der Waals surface area contributed by atoms with Crippen molar-refractivity contribution in [2.75, 3.05) is 17.3 Å². The molecule has 1 rings (SSSR count). The molecule has 1 aromatic heterocycles. The molecule has 0 aromatic carbocycles. The Labute approximate surface area is 115 Å². The maximum atomic E-state index is 11.3. The first-order valence-corrected chi connectivity index (χ1v) is 7.82. The van der Waals surface area contributed by atoms with Gasteiger partial charge in [0, 0.05) is 34.5 Å². The molecule has 19 heavy (non-hydrogen) atoms. The highest BCUT2D eigenvalue weighted by Crippen LogP contribution is 2.21. The Bertz CT molecular complexity index is 503. The van der Waals surface area contributed by atoms with Crippen LogP contribution in [0, 0.1) is 13.8 Å². The van der Waals surface area contributed by atoms with Crippen molar-refractivity contribution in [1.29, 1.82) is 0 Å². The molecule has 0 aliphatic heterocycles. The number of carbonyl (C=O) groups is 1. The first-order valence-electron chi connectivity index (χ1n) is 6.09. The van der Waals surface area contributed by atoms with E-state index in [1.807, 2.05) is 13.8 Å². The number of nitrogens with one attached hydrogen (secondary N) is 1. The number of aromatic nitrogens is 1. The predicted octanol–water partition coefficient (Wildman–Crippen LogP) is 1.97. The number of nitrogens with zero attached hydrogens (tertiary/aromatic N) is 1. The number of hydrogen-bond acceptors (Lipinski definition) is 4. The van der Waals surface area contributed by atoms with Crippen molar-refractivity contribution >= 4 is 22.5 Å². The SMILES string of the molecule is Cc1cc(NC(C)CCS(C)=O)c(C(=O)O)c(C)n1. The van der Waals surface area contributed by atoms with Crippen LogP contribution in [-0.4, -0.2) is 38.3 Å². The van der Waals surface area contributed by atoms with Crippen LogP contribution in [0.5, 0.6) is 0 Å². The van der Waals surface area contributed by atoms with E-state index in [-0.39, 0.29) is 11.6 Å². The molecule has 0 aliphatic rings.